The quantitative estimate of drug-likeness (QED) is 0.581. The highest BCUT2D eigenvalue weighted by molar-refractivity contribution is 6.17. The van der Waals surface area contributed by atoms with Crippen molar-refractivity contribution in [3.63, 3.8) is 0 Å². The number of carbonyl (C=O) groups excluding carboxylic acids is 2. The van der Waals surface area contributed by atoms with Crippen LogP contribution < -0.4 is 19.7 Å². The van der Waals surface area contributed by atoms with E-state index < -0.39 is 5.54 Å². The Hall–Kier alpha value is -3.80. The second-order valence-corrected chi connectivity index (χ2v) is 7.99. The van der Waals surface area contributed by atoms with Crippen LogP contribution in [0.2, 0.25) is 0 Å². The van der Waals surface area contributed by atoms with Crippen LogP contribution in [0, 0.1) is 13.8 Å². The molecule has 0 saturated carbocycles. The van der Waals surface area contributed by atoms with Gasteiger partial charge in [0.2, 0.25) is 5.91 Å². The molecule has 164 valence electrons. The van der Waals surface area contributed by atoms with Gasteiger partial charge in [0.1, 0.15) is 0 Å². The van der Waals surface area contributed by atoms with Crippen LogP contribution in [-0.4, -0.2) is 26.0 Å². The zero-order valence-corrected chi connectivity index (χ0v) is 18.6. The molecule has 32 heavy (non-hydrogen) atoms. The maximum absolute atomic E-state index is 13.8. The number of benzene rings is 3. The van der Waals surface area contributed by atoms with Gasteiger partial charge in [-0.3, -0.25) is 14.5 Å². The van der Waals surface area contributed by atoms with Gasteiger partial charge in [0.05, 0.1) is 20.6 Å². The van der Waals surface area contributed by atoms with E-state index in [0.717, 1.165) is 11.1 Å². The van der Waals surface area contributed by atoms with Crippen LogP contribution in [0.1, 0.15) is 23.1 Å². The highest BCUT2D eigenvalue weighted by Crippen LogP contribution is 2.47. The van der Waals surface area contributed by atoms with E-state index in [9.17, 15) is 9.59 Å². The van der Waals surface area contributed by atoms with Crippen molar-refractivity contribution < 1.29 is 19.1 Å². The van der Waals surface area contributed by atoms with Gasteiger partial charge in [-0.1, -0.05) is 41.5 Å². The minimum atomic E-state index is -1.21. The second kappa shape index (κ2) is 8.38. The molecule has 1 atom stereocenters. The summed E-state index contributed by atoms with van der Waals surface area (Å²) in [4.78, 5) is 28.2. The molecule has 0 radical (unpaired) electrons. The smallest absolute Gasteiger partial charge is 0.255 e. The summed E-state index contributed by atoms with van der Waals surface area (Å²) in [5.41, 5.74) is 2.95. The van der Waals surface area contributed by atoms with Crippen molar-refractivity contribution in [2.75, 3.05) is 24.4 Å². The van der Waals surface area contributed by atoms with Gasteiger partial charge in [-0.05, 0) is 55.8 Å². The number of β-lactam (4-membered cyclic amide) rings is 1. The Balaban J connectivity index is 1.82. The fourth-order valence-corrected chi connectivity index (χ4v) is 4.07. The number of ether oxygens (including phenoxy) is 2. The minimum absolute atomic E-state index is 0.0497. The van der Waals surface area contributed by atoms with Crippen LogP contribution in [0.3, 0.4) is 0 Å². The van der Waals surface area contributed by atoms with Gasteiger partial charge in [-0.25, -0.2) is 0 Å². The van der Waals surface area contributed by atoms with E-state index in [1.807, 2.05) is 68.4 Å². The first-order chi connectivity index (χ1) is 15.4. The number of nitrogens with zero attached hydrogens (tertiary/aromatic N) is 1. The third kappa shape index (κ3) is 3.58. The Kier molecular flexibility index (Phi) is 5.61. The molecular weight excluding hydrogens is 404 g/mol. The van der Waals surface area contributed by atoms with Crippen molar-refractivity contribution in [1.82, 2.24) is 0 Å². The average Bonchev–Trinajstić information content (AvgIpc) is 2.79. The maximum Gasteiger partial charge on any atom is 0.255 e. The number of hydrogen-bond donors (Lipinski definition) is 1. The Morgan fingerprint density at radius 2 is 1.47 bits per heavy atom. The minimum Gasteiger partial charge on any atom is -0.493 e. The number of hydrogen-bond acceptors (Lipinski definition) is 4. The first kappa shape index (κ1) is 21.4. The van der Waals surface area contributed by atoms with Crippen molar-refractivity contribution in [3.8, 4) is 11.5 Å². The predicted molar refractivity (Wildman–Crippen MR) is 124 cm³/mol. The lowest BCUT2D eigenvalue weighted by Crippen LogP contribution is -2.67. The molecule has 0 bridgehead atoms. The van der Waals surface area contributed by atoms with Crippen molar-refractivity contribution in [3.05, 3.63) is 83.4 Å². The number of amides is 2. The van der Waals surface area contributed by atoms with Crippen LogP contribution >= 0.6 is 0 Å². The van der Waals surface area contributed by atoms with E-state index in [-0.39, 0.29) is 18.2 Å². The number of rotatable bonds is 6. The fourth-order valence-electron chi connectivity index (χ4n) is 4.07. The molecule has 6 heteroatoms. The van der Waals surface area contributed by atoms with Crippen LogP contribution in [-0.2, 0) is 15.1 Å². The Bertz CT molecular complexity index is 1160. The van der Waals surface area contributed by atoms with Gasteiger partial charge in [0.25, 0.3) is 5.91 Å². The number of methoxy groups -OCH3 is 2. The van der Waals surface area contributed by atoms with Gasteiger partial charge in [-0.15, -0.1) is 0 Å². The summed E-state index contributed by atoms with van der Waals surface area (Å²) in [5.74, 6) is 0.644. The summed E-state index contributed by atoms with van der Waals surface area (Å²) in [6, 6.07) is 20.5. The third-order valence-electron chi connectivity index (χ3n) is 5.88. The lowest BCUT2D eigenvalue weighted by molar-refractivity contribution is -0.137. The van der Waals surface area contributed by atoms with Crippen LogP contribution in [0.4, 0.5) is 11.4 Å². The molecule has 0 aliphatic carbocycles. The zero-order chi connectivity index (χ0) is 22.9. The Labute approximate surface area is 187 Å². The molecule has 6 nitrogen and oxygen atoms in total. The molecule has 0 spiro atoms. The average molecular weight is 431 g/mol. The predicted octanol–water partition coefficient (Wildman–Crippen LogP) is 4.59. The summed E-state index contributed by atoms with van der Waals surface area (Å²) in [5, 5.41) is 3.00. The van der Waals surface area contributed by atoms with E-state index in [4.69, 9.17) is 9.47 Å². The first-order valence-electron chi connectivity index (χ1n) is 10.4. The number of aryl methyl sites for hydroxylation is 2. The number of carbonyl (C=O) groups is 2. The largest absolute Gasteiger partial charge is 0.493 e. The summed E-state index contributed by atoms with van der Waals surface area (Å²) >= 11 is 0. The van der Waals surface area contributed by atoms with Gasteiger partial charge in [0.15, 0.2) is 17.0 Å². The molecule has 1 N–H and O–H groups in total. The molecule has 3 aromatic carbocycles. The zero-order valence-electron chi connectivity index (χ0n) is 18.6. The SMILES string of the molecule is COc1ccc(C2(C(=O)Nc3ccc(C)cc3)CC(=O)N2c2ccc(C)cc2)cc1OC. The van der Waals surface area contributed by atoms with E-state index in [1.54, 1.807) is 31.3 Å². The molecule has 1 unspecified atom stereocenters. The second-order valence-electron chi connectivity index (χ2n) is 7.99. The van der Waals surface area contributed by atoms with E-state index in [0.29, 0.717) is 28.4 Å². The van der Waals surface area contributed by atoms with Crippen LogP contribution in [0.25, 0.3) is 0 Å². The summed E-state index contributed by atoms with van der Waals surface area (Å²) in [6.45, 7) is 3.97. The lowest BCUT2D eigenvalue weighted by atomic mass is 9.75. The summed E-state index contributed by atoms with van der Waals surface area (Å²) < 4.78 is 10.8. The molecule has 1 fully saturated rings. The lowest BCUT2D eigenvalue weighted by Gasteiger charge is -2.50. The normalized spacial score (nSPS) is 17.5. The molecular formula is C26H26N2O4. The highest BCUT2D eigenvalue weighted by atomic mass is 16.5. The number of anilines is 2. The summed E-state index contributed by atoms with van der Waals surface area (Å²) in [6.07, 6.45) is 0.0497. The molecule has 3 aromatic rings. The van der Waals surface area contributed by atoms with Crippen molar-refractivity contribution in [1.29, 1.82) is 0 Å². The monoisotopic (exact) mass is 430 g/mol. The highest BCUT2D eigenvalue weighted by Gasteiger charge is 2.58. The Morgan fingerprint density at radius 3 is 2.03 bits per heavy atom. The fraction of sp³-hybridized carbons (Fsp3) is 0.231. The molecule has 1 aliphatic heterocycles. The van der Waals surface area contributed by atoms with E-state index in [2.05, 4.69) is 5.32 Å². The molecule has 2 amide bonds. The molecule has 1 heterocycles. The van der Waals surface area contributed by atoms with Crippen LogP contribution in [0.5, 0.6) is 11.5 Å². The van der Waals surface area contributed by atoms with Gasteiger partial charge < -0.3 is 14.8 Å². The standard InChI is InChI=1S/C26H26N2O4/c1-17-5-10-20(11-6-17)27-25(30)26(19-9-14-22(31-3)23(15-19)32-4)16-24(29)28(26)21-12-7-18(2)8-13-21/h5-15H,16H2,1-4H3,(H,27,30). The van der Waals surface area contributed by atoms with E-state index >= 15 is 0 Å². The number of nitrogens with one attached hydrogen (secondary N) is 1. The van der Waals surface area contributed by atoms with Gasteiger partial charge in [0, 0.05) is 11.4 Å². The van der Waals surface area contributed by atoms with Crippen molar-refractivity contribution in [2.24, 2.45) is 0 Å². The van der Waals surface area contributed by atoms with Crippen molar-refractivity contribution in [2.45, 2.75) is 25.8 Å². The van der Waals surface area contributed by atoms with Crippen molar-refractivity contribution >= 4 is 23.2 Å². The molecule has 1 aliphatic rings. The van der Waals surface area contributed by atoms with Gasteiger partial charge >= 0.3 is 0 Å². The molecule has 0 aromatic heterocycles. The Morgan fingerprint density at radius 1 is 0.875 bits per heavy atom. The van der Waals surface area contributed by atoms with Gasteiger partial charge in [-0.2, -0.15) is 0 Å². The maximum atomic E-state index is 13.8. The first-order valence-corrected chi connectivity index (χ1v) is 10.4. The van der Waals surface area contributed by atoms with E-state index in [1.165, 1.54) is 0 Å². The topological polar surface area (TPSA) is 67.9 Å². The third-order valence-corrected chi connectivity index (χ3v) is 5.88. The van der Waals surface area contributed by atoms with Crippen LogP contribution in [0.15, 0.2) is 66.7 Å². The molecule has 4 rings (SSSR count). The molecule has 1 saturated heterocycles. The summed E-state index contributed by atoms with van der Waals surface area (Å²) in [7, 11) is 3.10.